The maximum Gasteiger partial charge on any atom is 0.340 e. The van der Waals surface area contributed by atoms with Crippen LogP contribution >= 0.6 is 0 Å². The van der Waals surface area contributed by atoms with Crippen LogP contribution in [-0.2, 0) is 4.74 Å². The van der Waals surface area contributed by atoms with Gasteiger partial charge in [-0.25, -0.2) is 9.78 Å². The van der Waals surface area contributed by atoms with Gasteiger partial charge < -0.3 is 15.0 Å². The van der Waals surface area contributed by atoms with Crippen LogP contribution in [0.3, 0.4) is 0 Å². The second-order valence-electron chi connectivity index (χ2n) is 4.10. The van der Waals surface area contributed by atoms with Gasteiger partial charge in [-0.05, 0) is 26.0 Å². The number of anilines is 1. The number of carbonyl (C=O) groups is 1. The summed E-state index contributed by atoms with van der Waals surface area (Å²) in [5.41, 5.74) is 7.74. The molecule has 0 aliphatic rings. The first kappa shape index (κ1) is 11.4. The number of benzene rings is 1. The molecule has 0 radical (unpaired) electrons. The van der Waals surface area contributed by atoms with Crippen molar-refractivity contribution in [2.75, 3.05) is 12.8 Å². The molecule has 0 saturated carbocycles. The monoisotopic (exact) mass is 233 g/mol. The number of nitrogens with zero attached hydrogens (tertiary/aromatic N) is 2. The molecule has 17 heavy (non-hydrogen) atoms. The Morgan fingerprint density at radius 2 is 2.18 bits per heavy atom. The summed E-state index contributed by atoms with van der Waals surface area (Å²) in [6.07, 6.45) is 0. The largest absolute Gasteiger partial charge is 0.465 e. The van der Waals surface area contributed by atoms with Gasteiger partial charge in [-0.1, -0.05) is 6.07 Å². The molecule has 2 rings (SSSR count). The van der Waals surface area contributed by atoms with E-state index in [1.807, 2.05) is 24.5 Å². The molecule has 90 valence electrons. The van der Waals surface area contributed by atoms with E-state index in [9.17, 15) is 4.79 Å². The lowest BCUT2D eigenvalue weighted by Crippen LogP contribution is -2.05. The van der Waals surface area contributed by atoms with E-state index in [0.29, 0.717) is 17.0 Å². The Hall–Kier alpha value is -2.04. The lowest BCUT2D eigenvalue weighted by molar-refractivity contribution is 0.0603. The maximum atomic E-state index is 11.6. The number of nitrogen functional groups attached to an aromatic ring is 1. The third-order valence-corrected chi connectivity index (χ3v) is 2.67. The number of hydrogen-bond donors (Lipinski definition) is 1. The van der Waals surface area contributed by atoms with Crippen molar-refractivity contribution in [3.05, 3.63) is 23.8 Å². The van der Waals surface area contributed by atoms with Crippen LogP contribution in [0.4, 0.5) is 5.95 Å². The van der Waals surface area contributed by atoms with E-state index in [4.69, 9.17) is 10.5 Å². The fourth-order valence-electron chi connectivity index (χ4n) is 1.95. The highest BCUT2D eigenvalue weighted by Gasteiger charge is 2.17. The first-order valence-electron chi connectivity index (χ1n) is 5.41. The molecule has 0 unspecified atom stereocenters. The fourth-order valence-corrected chi connectivity index (χ4v) is 1.95. The summed E-state index contributed by atoms with van der Waals surface area (Å²) in [7, 11) is 1.35. The summed E-state index contributed by atoms with van der Waals surface area (Å²) in [5, 5.41) is 0. The summed E-state index contributed by atoms with van der Waals surface area (Å²) >= 11 is 0. The lowest BCUT2D eigenvalue weighted by Gasteiger charge is -2.10. The number of carbonyl (C=O) groups excluding carboxylic acids is 1. The van der Waals surface area contributed by atoms with Crippen LogP contribution in [0, 0.1) is 0 Å². The van der Waals surface area contributed by atoms with Gasteiger partial charge in [0.2, 0.25) is 5.95 Å². The second-order valence-corrected chi connectivity index (χ2v) is 4.10. The van der Waals surface area contributed by atoms with Crippen LogP contribution in [0.2, 0.25) is 0 Å². The molecule has 1 heterocycles. The van der Waals surface area contributed by atoms with Crippen molar-refractivity contribution in [2.24, 2.45) is 0 Å². The fraction of sp³-hybridized carbons (Fsp3) is 0.333. The van der Waals surface area contributed by atoms with Crippen molar-refractivity contribution in [2.45, 2.75) is 19.9 Å². The van der Waals surface area contributed by atoms with Crippen LogP contribution in [-0.4, -0.2) is 22.6 Å². The predicted octanol–water partition coefficient (Wildman–Crippen LogP) is 1.99. The van der Waals surface area contributed by atoms with Gasteiger partial charge in [-0.15, -0.1) is 0 Å². The van der Waals surface area contributed by atoms with Gasteiger partial charge in [0.1, 0.15) is 5.52 Å². The minimum atomic E-state index is -0.399. The van der Waals surface area contributed by atoms with Crippen LogP contribution in [0.15, 0.2) is 18.2 Å². The van der Waals surface area contributed by atoms with E-state index in [-0.39, 0.29) is 6.04 Å². The van der Waals surface area contributed by atoms with E-state index >= 15 is 0 Å². The average Bonchev–Trinajstić information content (AvgIpc) is 2.63. The number of hydrogen-bond acceptors (Lipinski definition) is 4. The summed E-state index contributed by atoms with van der Waals surface area (Å²) < 4.78 is 6.62. The highest BCUT2D eigenvalue weighted by Crippen LogP contribution is 2.25. The van der Waals surface area contributed by atoms with Crippen LogP contribution < -0.4 is 5.73 Å². The lowest BCUT2D eigenvalue weighted by atomic mass is 10.2. The zero-order chi connectivity index (χ0) is 12.6. The molecule has 0 fully saturated rings. The second kappa shape index (κ2) is 4.08. The molecule has 2 N–H and O–H groups in total. The van der Waals surface area contributed by atoms with Gasteiger partial charge in [0.05, 0.1) is 18.2 Å². The van der Waals surface area contributed by atoms with E-state index in [1.54, 1.807) is 12.1 Å². The molecule has 0 atom stereocenters. The molecule has 2 aromatic rings. The minimum absolute atomic E-state index is 0.188. The summed E-state index contributed by atoms with van der Waals surface area (Å²) in [6.45, 7) is 4.03. The van der Waals surface area contributed by atoms with Crippen LogP contribution in [0.5, 0.6) is 0 Å². The normalized spacial score (nSPS) is 11.1. The molecular weight excluding hydrogens is 218 g/mol. The number of methoxy groups -OCH3 is 1. The third-order valence-electron chi connectivity index (χ3n) is 2.67. The van der Waals surface area contributed by atoms with E-state index in [0.717, 1.165) is 5.52 Å². The Labute approximate surface area is 99.2 Å². The van der Waals surface area contributed by atoms with Crippen molar-refractivity contribution < 1.29 is 9.53 Å². The van der Waals surface area contributed by atoms with Gasteiger partial charge >= 0.3 is 5.97 Å². The number of ether oxygens (including phenoxy) is 1. The van der Waals surface area contributed by atoms with Crippen LogP contribution in [0.25, 0.3) is 11.0 Å². The van der Waals surface area contributed by atoms with Crippen molar-refractivity contribution in [1.82, 2.24) is 9.55 Å². The Morgan fingerprint density at radius 1 is 1.47 bits per heavy atom. The first-order valence-corrected chi connectivity index (χ1v) is 5.41. The zero-order valence-electron chi connectivity index (χ0n) is 10.1. The highest BCUT2D eigenvalue weighted by atomic mass is 16.5. The van der Waals surface area contributed by atoms with Crippen LogP contribution in [0.1, 0.15) is 30.2 Å². The van der Waals surface area contributed by atoms with Crippen molar-refractivity contribution in [3.8, 4) is 0 Å². The molecule has 5 heteroatoms. The molecule has 0 spiro atoms. The van der Waals surface area contributed by atoms with Gasteiger partial charge in [-0.2, -0.15) is 0 Å². The summed E-state index contributed by atoms with van der Waals surface area (Å²) in [4.78, 5) is 15.8. The molecule has 0 aliphatic carbocycles. The quantitative estimate of drug-likeness (QED) is 0.805. The van der Waals surface area contributed by atoms with E-state index < -0.39 is 5.97 Å². The van der Waals surface area contributed by atoms with Gasteiger partial charge in [-0.3, -0.25) is 0 Å². The number of imidazole rings is 1. The number of aromatic nitrogens is 2. The highest BCUT2D eigenvalue weighted by molar-refractivity contribution is 6.02. The number of rotatable bonds is 2. The first-order chi connectivity index (χ1) is 8.06. The number of para-hydroxylation sites is 1. The molecule has 1 aromatic heterocycles. The molecule has 1 aromatic carbocycles. The Kier molecular flexibility index (Phi) is 2.75. The average molecular weight is 233 g/mol. The molecule has 0 aliphatic heterocycles. The number of nitrogens with two attached hydrogens (primary N) is 1. The number of esters is 1. The van der Waals surface area contributed by atoms with Gasteiger partial charge in [0.15, 0.2) is 0 Å². The molecule has 0 amide bonds. The summed E-state index contributed by atoms with van der Waals surface area (Å²) in [5.74, 6) is 0.00959. The van der Waals surface area contributed by atoms with Gasteiger partial charge in [0, 0.05) is 6.04 Å². The number of fused-ring (bicyclic) bond motifs is 1. The van der Waals surface area contributed by atoms with Gasteiger partial charge in [0.25, 0.3) is 0 Å². The Balaban J connectivity index is 2.75. The Bertz CT molecular complexity index is 572. The third kappa shape index (κ3) is 1.73. The predicted molar refractivity (Wildman–Crippen MR) is 65.9 cm³/mol. The maximum absolute atomic E-state index is 11.6. The Morgan fingerprint density at radius 3 is 2.76 bits per heavy atom. The smallest absolute Gasteiger partial charge is 0.340 e. The molecule has 0 saturated heterocycles. The topological polar surface area (TPSA) is 70.1 Å². The molecule has 0 bridgehead atoms. The van der Waals surface area contributed by atoms with E-state index in [2.05, 4.69) is 4.98 Å². The SMILES string of the molecule is COC(=O)c1cccc2c1nc(N)n2C(C)C. The van der Waals surface area contributed by atoms with Crippen molar-refractivity contribution in [3.63, 3.8) is 0 Å². The van der Waals surface area contributed by atoms with Crippen molar-refractivity contribution in [1.29, 1.82) is 0 Å². The molecular formula is C12H15N3O2. The van der Waals surface area contributed by atoms with Crippen molar-refractivity contribution >= 4 is 23.0 Å². The standard InChI is InChI=1S/C12H15N3O2/c1-7(2)15-9-6-4-5-8(11(16)17-3)10(9)14-12(15)13/h4-7H,1-3H3,(H2,13,14). The molecule has 5 nitrogen and oxygen atoms in total. The van der Waals surface area contributed by atoms with E-state index in [1.165, 1.54) is 7.11 Å². The summed E-state index contributed by atoms with van der Waals surface area (Å²) in [6, 6.07) is 5.57. The minimum Gasteiger partial charge on any atom is -0.465 e. The zero-order valence-corrected chi connectivity index (χ0v) is 10.1.